The standard InChI is InChI=1S/C59H62N4O3/c1-41-19-13-15-27-47(41)49-35-53(45-25-17-31-60-39-45)58(29-33-62(3)4,37-51(49)55(64)43-21-9-7-10-22-43)57(66)59(30-34-63(5)6)38-52(56(65)44-23-11-8-12-24-44)50(48-28-16-14-20-42(48)2)36-54(59)46-26-18-32-61-40-46/h7-24,27-28,31-32,35-40,53-54,60-61H,25-26,29-30,33-34H2,1-6H3. The minimum atomic E-state index is -1.26. The van der Waals surface area contributed by atoms with E-state index in [1.54, 1.807) is 0 Å². The number of carbonyl (C=O) groups excluding carboxylic acids is 3. The second-order valence-corrected chi connectivity index (χ2v) is 18.8. The molecule has 336 valence electrons. The zero-order chi connectivity index (χ0) is 46.4. The first-order chi connectivity index (χ1) is 31.9. The van der Waals surface area contributed by atoms with E-state index in [4.69, 9.17) is 0 Å². The molecular weight excluding hydrogens is 813 g/mol. The fourth-order valence-electron chi connectivity index (χ4n) is 10.4. The van der Waals surface area contributed by atoms with Crippen molar-refractivity contribution in [1.29, 1.82) is 0 Å². The number of dihydropyridines is 2. The molecule has 0 radical (unpaired) electrons. The second-order valence-electron chi connectivity index (χ2n) is 18.8. The highest BCUT2D eigenvalue weighted by molar-refractivity contribution is 6.22. The van der Waals surface area contributed by atoms with Crippen molar-refractivity contribution in [1.82, 2.24) is 20.4 Å². The van der Waals surface area contributed by atoms with Gasteiger partial charge in [0.05, 0.1) is 10.8 Å². The van der Waals surface area contributed by atoms with Crippen molar-refractivity contribution in [2.24, 2.45) is 22.7 Å². The molecule has 7 nitrogen and oxygen atoms in total. The number of nitrogens with one attached hydrogen (secondary N) is 2. The van der Waals surface area contributed by atoms with Crippen LogP contribution < -0.4 is 10.6 Å². The molecule has 0 saturated carbocycles. The molecule has 0 amide bonds. The number of ketones is 3. The summed E-state index contributed by atoms with van der Waals surface area (Å²) in [5, 5.41) is 6.76. The first-order valence-electron chi connectivity index (χ1n) is 23.2. The normalized spacial score (nSPS) is 22.5. The average Bonchev–Trinajstić information content (AvgIpc) is 3.35. The van der Waals surface area contributed by atoms with Gasteiger partial charge >= 0.3 is 0 Å². The molecule has 0 bridgehead atoms. The van der Waals surface area contributed by atoms with Crippen molar-refractivity contribution in [2.45, 2.75) is 39.5 Å². The van der Waals surface area contributed by atoms with Crippen LogP contribution in [0.4, 0.5) is 0 Å². The predicted molar refractivity (Wildman–Crippen MR) is 269 cm³/mol. The molecule has 8 rings (SSSR count). The van der Waals surface area contributed by atoms with Gasteiger partial charge in [0.15, 0.2) is 17.3 Å². The molecule has 2 heterocycles. The fourth-order valence-corrected chi connectivity index (χ4v) is 10.4. The molecule has 2 N–H and O–H groups in total. The number of nitrogens with zero attached hydrogens (tertiary/aromatic N) is 2. The van der Waals surface area contributed by atoms with Crippen LogP contribution in [0, 0.1) is 36.5 Å². The van der Waals surface area contributed by atoms with Crippen molar-refractivity contribution >= 4 is 28.5 Å². The molecule has 2 aliphatic carbocycles. The highest BCUT2D eigenvalue weighted by Gasteiger charge is 2.58. The van der Waals surface area contributed by atoms with Gasteiger partial charge in [-0.3, -0.25) is 14.4 Å². The lowest BCUT2D eigenvalue weighted by molar-refractivity contribution is -0.138. The zero-order valence-corrected chi connectivity index (χ0v) is 39.2. The minimum absolute atomic E-state index is 0.00324. The quantitative estimate of drug-likeness (QED) is 0.109. The van der Waals surface area contributed by atoms with E-state index in [0.717, 1.165) is 44.5 Å². The van der Waals surface area contributed by atoms with Crippen molar-refractivity contribution < 1.29 is 14.4 Å². The largest absolute Gasteiger partial charge is 0.368 e. The summed E-state index contributed by atoms with van der Waals surface area (Å²) in [6, 6.07) is 35.3. The Morgan fingerprint density at radius 3 is 1.27 bits per heavy atom. The number of aryl methyl sites for hydroxylation is 2. The lowest BCUT2D eigenvalue weighted by Crippen LogP contribution is -2.53. The first-order valence-corrected chi connectivity index (χ1v) is 23.2. The predicted octanol–water partition coefficient (Wildman–Crippen LogP) is 10.9. The summed E-state index contributed by atoms with van der Waals surface area (Å²) in [4.78, 5) is 52.6. The van der Waals surface area contributed by atoms with Crippen molar-refractivity contribution in [3.63, 3.8) is 0 Å². The van der Waals surface area contributed by atoms with Crippen molar-refractivity contribution in [2.75, 3.05) is 41.3 Å². The lowest BCUT2D eigenvalue weighted by Gasteiger charge is -2.50. The summed E-state index contributed by atoms with van der Waals surface area (Å²) in [6.45, 7) is 5.30. The number of Topliss-reactive ketones (excluding diaryl/α,β-unsaturated/α-hetero) is 3. The summed E-state index contributed by atoms with van der Waals surface area (Å²) in [6.07, 6.45) is 22.9. The van der Waals surface area contributed by atoms with Crippen LogP contribution in [0.25, 0.3) is 11.1 Å². The smallest absolute Gasteiger partial charge is 0.193 e. The van der Waals surface area contributed by atoms with Gasteiger partial charge in [-0.15, -0.1) is 0 Å². The molecule has 66 heavy (non-hydrogen) atoms. The Kier molecular flexibility index (Phi) is 13.8. The van der Waals surface area contributed by atoms with Gasteiger partial charge in [-0.1, -0.05) is 146 Å². The van der Waals surface area contributed by atoms with E-state index < -0.39 is 22.7 Å². The van der Waals surface area contributed by atoms with Crippen LogP contribution in [0.1, 0.15) is 68.7 Å². The molecule has 0 aromatic heterocycles. The molecule has 0 fully saturated rings. The van der Waals surface area contributed by atoms with Crippen molar-refractivity contribution in [3.05, 3.63) is 226 Å². The van der Waals surface area contributed by atoms with Gasteiger partial charge in [0.2, 0.25) is 0 Å². The molecule has 4 aliphatic rings. The SMILES string of the molecule is Cc1ccccc1C1=CC(C2=CNC=CC2)C(CCN(C)C)(C(=O)C2(CCN(C)C)C=C(C(=O)c3ccccc3)C(c3ccccc3C)=CC2C2=CNC=CC2)C=C1C(=O)c1ccccc1. The number of rotatable bonds is 16. The number of hydrogen-bond donors (Lipinski definition) is 2. The summed E-state index contributed by atoms with van der Waals surface area (Å²) < 4.78 is 0. The number of benzene rings is 4. The molecular formula is C59H62N4O3. The van der Waals surface area contributed by atoms with E-state index in [9.17, 15) is 0 Å². The van der Waals surface area contributed by atoms with Gasteiger partial charge in [0.25, 0.3) is 0 Å². The maximum absolute atomic E-state index is 17.6. The van der Waals surface area contributed by atoms with Gasteiger partial charge < -0.3 is 20.4 Å². The molecule has 4 aromatic carbocycles. The Labute approximate surface area is 391 Å². The summed E-state index contributed by atoms with van der Waals surface area (Å²) in [5.41, 5.74) is 7.34. The van der Waals surface area contributed by atoms with Gasteiger partial charge in [-0.2, -0.15) is 0 Å². The van der Waals surface area contributed by atoms with Gasteiger partial charge in [0.1, 0.15) is 0 Å². The maximum Gasteiger partial charge on any atom is 0.193 e. The van der Waals surface area contributed by atoms with Crippen molar-refractivity contribution in [3.8, 4) is 0 Å². The third kappa shape index (κ3) is 9.11. The average molecular weight is 875 g/mol. The number of allylic oxidation sites excluding steroid dienone is 12. The highest BCUT2D eigenvalue weighted by atomic mass is 16.1. The van der Waals surface area contributed by atoms with E-state index >= 15 is 14.4 Å². The molecule has 7 heteroatoms. The Morgan fingerprint density at radius 2 is 0.924 bits per heavy atom. The van der Waals surface area contributed by atoms with Crippen LogP contribution in [0.2, 0.25) is 0 Å². The molecule has 4 atom stereocenters. The Morgan fingerprint density at radius 1 is 0.545 bits per heavy atom. The first kappa shape index (κ1) is 45.9. The Balaban J connectivity index is 1.48. The third-order valence-electron chi connectivity index (χ3n) is 13.9. The number of hydrogen-bond acceptors (Lipinski definition) is 7. The van der Waals surface area contributed by atoms with Crippen LogP contribution in [0.3, 0.4) is 0 Å². The number of carbonyl (C=O) groups is 3. The lowest BCUT2D eigenvalue weighted by atomic mass is 9.51. The second kappa shape index (κ2) is 19.8. The Hall–Kier alpha value is -6.67. The van der Waals surface area contributed by atoms with E-state index in [2.05, 4.69) is 95.0 Å². The van der Waals surface area contributed by atoms with E-state index in [-0.39, 0.29) is 17.3 Å². The monoisotopic (exact) mass is 874 g/mol. The minimum Gasteiger partial charge on any atom is -0.368 e. The summed E-state index contributed by atoms with van der Waals surface area (Å²) in [7, 11) is 8.16. The van der Waals surface area contributed by atoms with Crippen LogP contribution >= 0.6 is 0 Å². The van der Waals surface area contributed by atoms with Crippen LogP contribution in [-0.4, -0.2) is 68.4 Å². The topological polar surface area (TPSA) is 81.8 Å². The summed E-state index contributed by atoms with van der Waals surface area (Å²) >= 11 is 0. The van der Waals surface area contributed by atoms with Crippen LogP contribution in [-0.2, 0) is 4.79 Å². The molecule has 4 aromatic rings. The third-order valence-corrected chi connectivity index (χ3v) is 13.9. The van der Waals surface area contributed by atoms with E-state index in [1.165, 1.54) is 0 Å². The molecule has 2 aliphatic heterocycles. The summed E-state index contributed by atoms with van der Waals surface area (Å²) in [5.74, 6) is -1.18. The van der Waals surface area contributed by atoms with Crippen LogP contribution in [0.15, 0.2) is 193 Å². The fraction of sp³-hybridized carbons (Fsp3) is 0.271. The molecule has 0 spiro atoms. The molecule has 4 unspecified atom stereocenters. The van der Waals surface area contributed by atoms with E-state index in [1.807, 2.05) is 138 Å². The zero-order valence-electron chi connectivity index (χ0n) is 39.2. The molecule has 0 saturated heterocycles. The maximum atomic E-state index is 17.6. The van der Waals surface area contributed by atoms with Crippen LogP contribution in [0.5, 0.6) is 0 Å². The van der Waals surface area contributed by atoms with Gasteiger partial charge in [0, 0.05) is 46.5 Å². The van der Waals surface area contributed by atoms with E-state index in [0.29, 0.717) is 61.0 Å². The van der Waals surface area contributed by atoms with Gasteiger partial charge in [-0.05, 0) is 138 Å². The van der Waals surface area contributed by atoms with Gasteiger partial charge in [-0.25, -0.2) is 0 Å². The Bertz CT molecular complexity index is 2560. The highest BCUT2D eigenvalue weighted by Crippen LogP contribution is 2.58.